The highest BCUT2D eigenvalue weighted by Gasteiger charge is 2.07. The van der Waals surface area contributed by atoms with Crippen LogP contribution in [0.1, 0.15) is 23.7 Å². The molecule has 0 atom stereocenters. The lowest BCUT2D eigenvalue weighted by Crippen LogP contribution is -1.97. The summed E-state index contributed by atoms with van der Waals surface area (Å²) in [5.74, 6) is 2.02. The number of ether oxygens (including phenoxy) is 2. The largest absolute Gasteiger partial charge is 0.490 e. The summed E-state index contributed by atoms with van der Waals surface area (Å²) in [5, 5.41) is 0. The van der Waals surface area contributed by atoms with Crippen LogP contribution < -0.4 is 9.47 Å². The normalized spacial score (nSPS) is 10.1. The van der Waals surface area contributed by atoms with E-state index >= 15 is 0 Å². The van der Waals surface area contributed by atoms with Gasteiger partial charge in [-0.3, -0.25) is 4.79 Å². The van der Waals surface area contributed by atoms with E-state index in [0.717, 1.165) is 12.7 Å². The predicted molar refractivity (Wildman–Crippen MR) is 81.8 cm³/mol. The van der Waals surface area contributed by atoms with E-state index in [4.69, 9.17) is 9.47 Å². The molecule has 2 aromatic rings. The third-order valence-electron chi connectivity index (χ3n) is 2.64. The molecule has 0 aliphatic heterocycles. The van der Waals surface area contributed by atoms with Gasteiger partial charge in [0.15, 0.2) is 17.8 Å². The van der Waals surface area contributed by atoms with Crippen LogP contribution in [-0.2, 0) is 0 Å². The summed E-state index contributed by atoms with van der Waals surface area (Å²) < 4.78 is 12.2. The molecule has 0 heterocycles. The van der Waals surface area contributed by atoms with E-state index in [1.165, 1.54) is 0 Å². The predicted octanol–water partition coefficient (Wildman–Crippen LogP) is 4.84. The van der Waals surface area contributed by atoms with Gasteiger partial charge in [-0.15, -0.1) is 0 Å². The van der Waals surface area contributed by atoms with Crippen LogP contribution >= 0.6 is 15.9 Å². The Kier molecular flexibility index (Phi) is 5.18. The molecule has 0 aliphatic carbocycles. The molecular formula is C16H15BrO3. The van der Waals surface area contributed by atoms with Crippen molar-refractivity contribution in [2.24, 2.45) is 0 Å². The van der Waals surface area contributed by atoms with Crippen molar-refractivity contribution in [3.63, 3.8) is 0 Å². The van der Waals surface area contributed by atoms with E-state index in [1.54, 1.807) is 18.2 Å². The van der Waals surface area contributed by atoms with Crippen molar-refractivity contribution < 1.29 is 14.3 Å². The maximum absolute atomic E-state index is 10.8. The molecule has 0 radical (unpaired) electrons. The van der Waals surface area contributed by atoms with E-state index < -0.39 is 0 Å². The summed E-state index contributed by atoms with van der Waals surface area (Å²) in [6.07, 6.45) is 1.74. The highest BCUT2D eigenvalue weighted by Crippen LogP contribution is 2.32. The molecule has 0 aliphatic rings. The number of benzene rings is 2. The zero-order valence-corrected chi connectivity index (χ0v) is 12.7. The second-order valence-corrected chi connectivity index (χ2v) is 5.05. The first-order valence-electron chi connectivity index (χ1n) is 6.39. The second kappa shape index (κ2) is 7.10. The Morgan fingerprint density at radius 3 is 2.55 bits per heavy atom. The molecule has 0 amide bonds. The SMILES string of the molecule is CCCOc1ccccc1Oc1ccc(C=O)c(Br)c1. The van der Waals surface area contributed by atoms with Gasteiger partial charge in [-0.2, -0.15) is 0 Å². The van der Waals surface area contributed by atoms with E-state index in [2.05, 4.69) is 22.9 Å². The maximum atomic E-state index is 10.8. The van der Waals surface area contributed by atoms with E-state index in [0.29, 0.717) is 33.9 Å². The van der Waals surface area contributed by atoms with Crippen molar-refractivity contribution in [3.8, 4) is 17.2 Å². The van der Waals surface area contributed by atoms with Gasteiger partial charge in [0.2, 0.25) is 0 Å². The van der Waals surface area contributed by atoms with Crippen LogP contribution in [0.5, 0.6) is 17.2 Å². The zero-order chi connectivity index (χ0) is 14.4. The summed E-state index contributed by atoms with van der Waals surface area (Å²) in [6, 6.07) is 12.8. The minimum atomic E-state index is 0.591. The molecule has 20 heavy (non-hydrogen) atoms. The van der Waals surface area contributed by atoms with Crippen LogP contribution in [0.25, 0.3) is 0 Å². The molecule has 0 spiro atoms. The Balaban J connectivity index is 2.21. The van der Waals surface area contributed by atoms with Gasteiger partial charge in [-0.25, -0.2) is 0 Å². The molecule has 0 N–H and O–H groups in total. The third kappa shape index (κ3) is 3.61. The molecule has 2 aromatic carbocycles. The van der Waals surface area contributed by atoms with E-state index in [1.807, 2.05) is 24.3 Å². The molecule has 104 valence electrons. The van der Waals surface area contributed by atoms with Gasteiger partial charge in [0, 0.05) is 10.0 Å². The summed E-state index contributed by atoms with van der Waals surface area (Å²) in [6.45, 7) is 2.70. The highest BCUT2D eigenvalue weighted by molar-refractivity contribution is 9.10. The third-order valence-corrected chi connectivity index (χ3v) is 3.32. The van der Waals surface area contributed by atoms with Crippen molar-refractivity contribution in [2.45, 2.75) is 13.3 Å². The fourth-order valence-corrected chi connectivity index (χ4v) is 2.11. The van der Waals surface area contributed by atoms with E-state index in [9.17, 15) is 4.79 Å². The number of para-hydroxylation sites is 2. The molecule has 0 saturated carbocycles. The second-order valence-electron chi connectivity index (χ2n) is 4.20. The van der Waals surface area contributed by atoms with Crippen molar-refractivity contribution in [3.05, 3.63) is 52.5 Å². The summed E-state index contributed by atoms with van der Waals surface area (Å²) in [7, 11) is 0. The molecule has 0 saturated heterocycles. The molecule has 0 fully saturated rings. The molecule has 4 heteroatoms. The van der Waals surface area contributed by atoms with Gasteiger partial charge in [0.25, 0.3) is 0 Å². The summed E-state index contributed by atoms with van der Waals surface area (Å²) >= 11 is 3.34. The minimum Gasteiger partial charge on any atom is -0.490 e. The molecular weight excluding hydrogens is 320 g/mol. The first kappa shape index (κ1) is 14.6. The van der Waals surface area contributed by atoms with Crippen LogP contribution in [0.3, 0.4) is 0 Å². The first-order chi connectivity index (χ1) is 9.74. The number of rotatable bonds is 6. The van der Waals surface area contributed by atoms with Crippen molar-refractivity contribution in [1.82, 2.24) is 0 Å². The van der Waals surface area contributed by atoms with Crippen molar-refractivity contribution in [2.75, 3.05) is 6.61 Å². The fourth-order valence-electron chi connectivity index (χ4n) is 1.66. The highest BCUT2D eigenvalue weighted by atomic mass is 79.9. The molecule has 2 rings (SSSR count). The Morgan fingerprint density at radius 2 is 1.90 bits per heavy atom. The average Bonchev–Trinajstić information content (AvgIpc) is 2.46. The minimum absolute atomic E-state index is 0.591. The molecule has 0 aromatic heterocycles. The Labute approximate surface area is 126 Å². The number of carbonyl (C=O) groups excluding carboxylic acids is 1. The van der Waals surface area contributed by atoms with Crippen LogP contribution in [0.15, 0.2) is 46.9 Å². The monoisotopic (exact) mass is 334 g/mol. The molecule has 3 nitrogen and oxygen atoms in total. The number of hydrogen-bond donors (Lipinski definition) is 0. The van der Waals surface area contributed by atoms with Crippen molar-refractivity contribution >= 4 is 22.2 Å². The van der Waals surface area contributed by atoms with Gasteiger partial charge >= 0.3 is 0 Å². The average molecular weight is 335 g/mol. The number of hydrogen-bond acceptors (Lipinski definition) is 3. The van der Waals surface area contributed by atoms with Crippen molar-refractivity contribution in [1.29, 1.82) is 0 Å². The number of aldehydes is 1. The van der Waals surface area contributed by atoms with Gasteiger partial charge in [-0.1, -0.05) is 19.1 Å². The Morgan fingerprint density at radius 1 is 1.15 bits per heavy atom. The molecule has 0 unspecified atom stereocenters. The van der Waals surface area contributed by atoms with Crippen LogP contribution in [0.2, 0.25) is 0 Å². The number of halogens is 1. The van der Waals surface area contributed by atoms with Gasteiger partial charge in [0.05, 0.1) is 6.61 Å². The summed E-state index contributed by atoms with van der Waals surface area (Å²) in [5.41, 5.74) is 0.591. The lowest BCUT2D eigenvalue weighted by Gasteiger charge is -2.12. The Hall–Kier alpha value is -1.81. The Bertz CT molecular complexity index is 596. The summed E-state index contributed by atoms with van der Waals surface area (Å²) in [4.78, 5) is 10.8. The van der Waals surface area contributed by atoms with Crippen LogP contribution in [-0.4, -0.2) is 12.9 Å². The fraction of sp³-hybridized carbons (Fsp3) is 0.188. The van der Waals surface area contributed by atoms with Crippen LogP contribution in [0.4, 0.5) is 0 Å². The van der Waals surface area contributed by atoms with Crippen LogP contribution in [0, 0.1) is 0 Å². The molecule has 0 bridgehead atoms. The van der Waals surface area contributed by atoms with Gasteiger partial charge < -0.3 is 9.47 Å². The van der Waals surface area contributed by atoms with E-state index in [-0.39, 0.29) is 0 Å². The maximum Gasteiger partial charge on any atom is 0.169 e. The van der Waals surface area contributed by atoms with Gasteiger partial charge in [-0.05, 0) is 52.7 Å². The van der Waals surface area contributed by atoms with Gasteiger partial charge in [0.1, 0.15) is 5.75 Å². The smallest absolute Gasteiger partial charge is 0.169 e. The number of carbonyl (C=O) groups is 1. The lowest BCUT2D eigenvalue weighted by atomic mass is 10.2. The topological polar surface area (TPSA) is 35.5 Å². The first-order valence-corrected chi connectivity index (χ1v) is 7.18. The zero-order valence-electron chi connectivity index (χ0n) is 11.1. The standard InChI is InChI=1S/C16H15BrO3/c1-2-9-19-15-5-3-4-6-16(15)20-13-8-7-12(11-18)14(17)10-13/h3-8,10-11H,2,9H2,1H3. The quantitative estimate of drug-likeness (QED) is 0.709. The lowest BCUT2D eigenvalue weighted by molar-refractivity contribution is 0.112.